The minimum Gasteiger partial charge on any atom is -0.462 e. The van der Waals surface area contributed by atoms with Crippen molar-refractivity contribution >= 4 is 46.1 Å². The van der Waals surface area contributed by atoms with Crippen molar-refractivity contribution in [3.8, 4) is 22.5 Å². The molecule has 4 aliphatic heterocycles. The summed E-state index contributed by atoms with van der Waals surface area (Å²) in [6.45, 7) is 15.2. The van der Waals surface area contributed by atoms with Crippen molar-refractivity contribution in [2.75, 3.05) is 54.0 Å². The van der Waals surface area contributed by atoms with Gasteiger partial charge in [-0.1, -0.05) is 33.8 Å². The molecule has 65 heavy (non-hydrogen) atoms. The Balaban J connectivity index is 1.17. The standard InChI is InChI=1S/C48H65N9O7S/c1-10-55-38-15-14-30-21-33(38)34(42(55)32-13-11-18-49-40(32)29(4)63-9)23-47(5,6)27-64-45(60)48(62)17-12-19-57(52-48)44(59)35(22-39-50-36(30)26-65-39)51-43(58)41(28(2)3)54(8)46(61)56-25-31-24-53(7)20-16-37(31)56/h11,13-15,18,21,26,28-29,31,35,37,41,52,62H,10,12,16-17,19-20,22-25,27H2,1-9H3,(H,51,58)/t29-,31+,35-,37+,41-,48-/m0/s1. The number of hydrogen-bond acceptors (Lipinski definition) is 12. The minimum atomic E-state index is -2.20. The Hall–Kier alpha value is -4.94. The molecule has 8 rings (SSSR count). The number of amides is 4. The number of likely N-dealkylation sites (N-methyl/N-ethyl adjacent to an activating group) is 1. The average molecular weight is 912 g/mol. The fourth-order valence-corrected chi connectivity index (χ4v) is 11.2. The fraction of sp³-hybridized carbons (Fsp3) is 0.583. The van der Waals surface area contributed by atoms with E-state index in [9.17, 15) is 24.3 Å². The van der Waals surface area contributed by atoms with E-state index in [4.69, 9.17) is 19.4 Å². The second-order valence-corrected chi connectivity index (χ2v) is 20.5. The molecule has 0 unspecified atom stereocenters. The number of methoxy groups -OCH3 is 1. The number of pyridine rings is 1. The lowest BCUT2D eigenvalue weighted by atomic mass is 9.83. The number of piperidine rings is 1. The molecule has 17 heteroatoms. The number of fused-ring (bicyclic) bond motifs is 7. The molecule has 6 atom stereocenters. The van der Waals surface area contributed by atoms with Gasteiger partial charge < -0.3 is 39.2 Å². The predicted octanol–water partition coefficient (Wildman–Crippen LogP) is 5.23. The highest BCUT2D eigenvalue weighted by Gasteiger charge is 2.48. The molecule has 7 heterocycles. The van der Waals surface area contributed by atoms with Crippen molar-refractivity contribution in [2.45, 2.75) is 110 Å². The van der Waals surface area contributed by atoms with Crippen LogP contribution < -0.4 is 10.7 Å². The molecule has 3 N–H and O–H groups in total. The van der Waals surface area contributed by atoms with E-state index in [2.05, 4.69) is 58.4 Å². The van der Waals surface area contributed by atoms with Crippen molar-refractivity contribution in [1.82, 2.24) is 45.0 Å². The van der Waals surface area contributed by atoms with Crippen LogP contribution in [0.5, 0.6) is 0 Å². The van der Waals surface area contributed by atoms with Crippen molar-refractivity contribution in [2.24, 2.45) is 17.3 Å². The van der Waals surface area contributed by atoms with Gasteiger partial charge in [0, 0.05) is 104 Å². The van der Waals surface area contributed by atoms with E-state index in [0.29, 0.717) is 36.9 Å². The summed E-state index contributed by atoms with van der Waals surface area (Å²) in [6, 6.07) is 8.22. The molecule has 0 aliphatic carbocycles. The van der Waals surface area contributed by atoms with Crippen LogP contribution in [-0.2, 0) is 43.2 Å². The van der Waals surface area contributed by atoms with Gasteiger partial charge in [0.05, 0.1) is 34.8 Å². The Morgan fingerprint density at radius 3 is 2.66 bits per heavy atom. The highest BCUT2D eigenvalue weighted by atomic mass is 32.1. The number of benzene rings is 1. The van der Waals surface area contributed by atoms with E-state index in [-0.39, 0.29) is 50.1 Å². The third-order valence-corrected chi connectivity index (χ3v) is 14.7. The number of cyclic esters (lactones) is 1. The fourth-order valence-electron chi connectivity index (χ4n) is 10.4. The number of likely N-dealkylation sites (tertiary alicyclic amines) is 2. The largest absolute Gasteiger partial charge is 0.462 e. The number of urea groups is 1. The molecular formula is C48H65N9O7S. The van der Waals surface area contributed by atoms with E-state index < -0.39 is 41.0 Å². The first-order valence-electron chi connectivity index (χ1n) is 23.0. The van der Waals surface area contributed by atoms with Crippen LogP contribution in [0.15, 0.2) is 41.9 Å². The molecule has 0 radical (unpaired) electrons. The number of nitrogens with zero attached hydrogens (tertiary/aromatic N) is 7. The number of carbonyl (C=O) groups is 4. The van der Waals surface area contributed by atoms with Crippen LogP contribution in [-0.4, -0.2) is 141 Å². The third kappa shape index (κ3) is 9.01. The Labute approximate surface area is 385 Å². The number of nitrogens with one attached hydrogen (secondary N) is 2. The molecule has 16 nitrogen and oxygen atoms in total. The van der Waals surface area contributed by atoms with Gasteiger partial charge in [-0.2, -0.15) is 5.43 Å². The number of hydrogen-bond donors (Lipinski definition) is 3. The third-order valence-electron chi connectivity index (χ3n) is 13.8. The first-order chi connectivity index (χ1) is 30.9. The second-order valence-electron chi connectivity index (χ2n) is 19.6. The van der Waals surface area contributed by atoms with Crippen molar-refractivity contribution < 1.29 is 33.8 Å². The van der Waals surface area contributed by atoms with E-state index in [1.54, 1.807) is 20.4 Å². The summed E-state index contributed by atoms with van der Waals surface area (Å²) in [4.78, 5) is 72.6. The number of hydrazine groups is 1. The van der Waals surface area contributed by atoms with E-state index in [1.165, 1.54) is 21.2 Å². The van der Waals surface area contributed by atoms with Crippen LogP contribution in [0.2, 0.25) is 0 Å². The summed E-state index contributed by atoms with van der Waals surface area (Å²) in [5.74, 6) is -1.79. The van der Waals surface area contributed by atoms with E-state index in [1.807, 2.05) is 51.0 Å². The van der Waals surface area contributed by atoms with Gasteiger partial charge >= 0.3 is 12.0 Å². The number of thiazole rings is 1. The molecule has 4 aliphatic rings. The topological polar surface area (TPSA) is 175 Å². The second kappa shape index (κ2) is 18.4. The van der Waals surface area contributed by atoms with Crippen LogP contribution >= 0.6 is 11.3 Å². The van der Waals surface area contributed by atoms with Crippen molar-refractivity contribution in [3.05, 3.63) is 58.2 Å². The van der Waals surface area contributed by atoms with Gasteiger partial charge in [0.15, 0.2) is 0 Å². The van der Waals surface area contributed by atoms with Gasteiger partial charge in [0.25, 0.3) is 5.91 Å². The number of aryl methyl sites for hydroxylation is 1. The molecule has 3 aromatic heterocycles. The van der Waals surface area contributed by atoms with Crippen LogP contribution in [0.25, 0.3) is 33.4 Å². The normalized spacial score (nSPS) is 24.8. The highest BCUT2D eigenvalue weighted by Crippen LogP contribution is 2.42. The minimum absolute atomic E-state index is 0.0122. The van der Waals surface area contributed by atoms with E-state index in [0.717, 1.165) is 64.2 Å². The van der Waals surface area contributed by atoms with Gasteiger partial charge in [-0.3, -0.25) is 19.6 Å². The van der Waals surface area contributed by atoms with Gasteiger partial charge in [0.1, 0.15) is 12.1 Å². The average Bonchev–Trinajstić information content (AvgIpc) is 3.86. The summed E-state index contributed by atoms with van der Waals surface area (Å²) in [7, 11) is 5.43. The molecule has 0 saturated carbocycles. The smallest absolute Gasteiger partial charge is 0.355 e. The summed E-state index contributed by atoms with van der Waals surface area (Å²) in [5.41, 5.74) is 6.42. The molecule has 4 amide bonds. The zero-order valence-electron chi connectivity index (χ0n) is 39.2. The van der Waals surface area contributed by atoms with Crippen LogP contribution in [0, 0.1) is 17.3 Å². The van der Waals surface area contributed by atoms with Gasteiger partial charge in [-0.05, 0) is 82.4 Å². The number of aromatic nitrogens is 3. The molecule has 350 valence electrons. The molecule has 3 fully saturated rings. The van der Waals surface area contributed by atoms with Crippen LogP contribution in [0.4, 0.5) is 4.79 Å². The number of carbonyl (C=O) groups excluding carboxylic acids is 4. The molecule has 3 saturated heterocycles. The maximum atomic E-state index is 14.7. The maximum Gasteiger partial charge on any atom is 0.355 e. The highest BCUT2D eigenvalue weighted by molar-refractivity contribution is 7.10. The molecule has 0 spiro atoms. The lowest BCUT2D eigenvalue weighted by Crippen LogP contribution is -2.69. The zero-order valence-corrected chi connectivity index (χ0v) is 40.0. The lowest BCUT2D eigenvalue weighted by molar-refractivity contribution is -0.189. The first-order valence-corrected chi connectivity index (χ1v) is 23.9. The Bertz CT molecular complexity index is 2450. The zero-order chi connectivity index (χ0) is 46.5. The molecule has 4 aromatic rings. The van der Waals surface area contributed by atoms with E-state index >= 15 is 0 Å². The first kappa shape index (κ1) is 46.6. The predicted molar refractivity (Wildman–Crippen MR) is 248 cm³/mol. The summed E-state index contributed by atoms with van der Waals surface area (Å²) in [5, 5.41) is 19.7. The maximum absolute atomic E-state index is 14.7. The molecule has 1 aromatic carbocycles. The van der Waals surface area contributed by atoms with Gasteiger partial charge in [0.2, 0.25) is 11.6 Å². The number of aliphatic hydroxyl groups is 1. The van der Waals surface area contributed by atoms with Crippen molar-refractivity contribution in [3.63, 3.8) is 0 Å². The Morgan fingerprint density at radius 2 is 1.94 bits per heavy atom. The SMILES string of the molecule is CCn1c(-c2cccnc2[C@H](C)OC)c2c3cc(ccc31)-c1csc(n1)C[C@H](NC(=O)[C@H](C(C)C)N(C)C(=O)N1C[C@H]3CN(C)CC[C@H]31)C(=O)N1CCC[C@@](O)(N1)C(=O)OCC(C)(C)C2. The molecular weight excluding hydrogens is 847 g/mol. The Morgan fingerprint density at radius 1 is 1.15 bits per heavy atom. The number of rotatable bonds is 8. The summed E-state index contributed by atoms with van der Waals surface area (Å²) < 4.78 is 14.1. The number of ether oxygens (including phenoxy) is 2. The quantitative estimate of drug-likeness (QED) is 0.198. The van der Waals surface area contributed by atoms with Gasteiger partial charge in [-0.15, -0.1) is 11.3 Å². The Kier molecular flexibility index (Phi) is 13.2. The summed E-state index contributed by atoms with van der Waals surface area (Å²) in [6.07, 6.45) is 3.22. The number of esters is 1. The monoisotopic (exact) mass is 911 g/mol. The molecule has 6 bridgehead atoms. The van der Waals surface area contributed by atoms with Gasteiger partial charge in [-0.25, -0.2) is 14.6 Å². The lowest BCUT2D eigenvalue weighted by Gasteiger charge is -2.54. The van der Waals surface area contributed by atoms with Crippen molar-refractivity contribution in [1.29, 1.82) is 0 Å². The van der Waals surface area contributed by atoms with Crippen LogP contribution in [0.1, 0.15) is 83.2 Å². The van der Waals surface area contributed by atoms with Crippen LogP contribution in [0.3, 0.4) is 0 Å². The summed E-state index contributed by atoms with van der Waals surface area (Å²) >= 11 is 1.39.